The minimum atomic E-state index is -1.17. The fourth-order valence-corrected chi connectivity index (χ4v) is 3.76. The van der Waals surface area contributed by atoms with Crippen LogP contribution >= 0.6 is 0 Å². The summed E-state index contributed by atoms with van der Waals surface area (Å²) in [7, 11) is 0. The molecule has 6 nitrogen and oxygen atoms in total. The van der Waals surface area contributed by atoms with Crippen LogP contribution in [0, 0.1) is 0 Å². The molecule has 2 heterocycles. The van der Waals surface area contributed by atoms with E-state index < -0.39 is 5.97 Å². The number of aromatic nitrogens is 1. The van der Waals surface area contributed by atoms with Gasteiger partial charge in [0.2, 0.25) is 5.43 Å². The van der Waals surface area contributed by atoms with Gasteiger partial charge in [-0.2, -0.15) is 0 Å². The van der Waals surface area contributed by atoms with Crippen molar-refractivity contribution in [2.24, 2.45) is 0 Å². The molecule has 0 unspecified atom stereocenters. The number of aryl methyl sites for hydroxylation is 2. The van der Waals surface area contributed by atoms with Crippen molar-refractivity contribution >= 4 is 22.6 Å². The van der Waals surface area contributed by atoms with Crippen LogP contribution in [0.3, 0.4) is 0 Å². The molecular weight excluding hydrogens is 330 g/mol. The van der Waals surface area contributed by atoms with E-state index in [9.17, 15) is 14.7 Å². The van der Waals surface area contributed by atoms with Crippen molar-refractivity contribution in [1.82, 2.24) is 9.88 Å². The number of nitrogens with one attached hydrogen (secondary N) is 1. The number of fused-ring (bicyclic) bond motifs is 1. The fraction of sp³-hybridized carbons (Fsp3) is 0.500. The van der Waals surface area contributed by atoms with Crippen LogP contribution in [-0.2, 0) is 13.0 Å². The third-order valence-electron chi connectivity index (χ3n) is 5.13. The first-order chi connectivity index (χ1) is 12.6. The maximum absolute atomic E-state index is 12.7. The first-order valence-corrected chi connectivity index (χ1v) is 9.46. The van der Waals surface area contributed by atoms with Crippen molar-refractivity contribution in [1.29, 1.82) is 0 Å². The molecule has 1 aliphatic rings. The SMILES string of the molecule is CCCCc1c(N2CCNCC2)ccc2c(=O)c(C(=O)O)cn(CC)c12. The third kappa shape index (κ3) is 3.33. The molecule has 2 aromatic rings. The number of piperazine rings is 1. The normalized spacial score (nSPS) is 14.8. The molecule has 0 bridgehead atoms. The smallest absolute Gasteiger partial charge is 0.341 e. The largest absolute Gasteiger partial charge is 0.477 e. The summed E-state index contributed by atoms with van der Waals surface area (Å²) in [5.41, 5.74) is 2.70. The standard InChI is InChI=1S/C20H27N3O3/c1-3-5-6-14-17(23-11-9-21-10-12-23)8-7-15-18(14)22(4-2)13-16(19(15)24)20(25)26/h7-8,13,21H,3-6,9-12H2,1-2H3,(H,25,26). The fourth-order valence-electron chi connectivity index (χ4n) is 3.76. The number of rotatable bonds is 6. The van der Waals surface area contributed by atoms with Gasteiger partial charge < -0.3 is 19.9 Å². The monoisotopic (exact) mass is 357 g/mol. The molecule has 0 radical (unpaired) electrons. The summed E-state index contributed by atoms with van der Waals surface area (Å²) in [4.78, 5) is 26.6. The van der Waals surface area contributed by atoms with E-state index in [1.807, 2.05) is 23.6 Å². The Morgan fingerprint density at radius 2 is 1.96 bits per heavy atom. The Labute approximate surface area is 153 Å². The number of benzene rings is 1. The second-order valence-electron chi connectivity index (χ2n) is 6.76. The summed E-state index contributed by atoms with van der Waals surface area (Å²) in [5, 5.41) is 13.3. The zero-order valence-electron chi connectivity index (χ0n) is 15.5. The van der Waals surface area contributed by atoms with E-state index in [1.165, 1.54) is 17.4 Å². The highest BCUT2D eigenvalue weighted by atomic mass is 16.4. The number of aromatic carboxylic acids is 1. The van der Waals surface area contributed by atoms with Gasteiger partial charge in [0, 0.05) is 50.0 Å². The van der Waals surface area contributed by atoms with E-state index >= 15 is 0 Å². The van der Waals surface area contributed by atoms with Gasteiger partial charge in [0.25, 0.3) is 0 Å². The molecule has 2 N–H and O–H groups in total. The molecule has 1 aliphatic heterocycles. The molecule has 1 fully saturated rings. The number of anilines is 1. The van der Waals surface area contributed by atoms with Crippen LogP contribution in [0.4, 0.5) is 5.69 Å². The number of hydrogen-bond acceptors (Lipinski definition) is 4. The summed E-state index contributed by atoms with van der Waals surface area (Å²) in [6.07, 6.45) is 4.50. The molecule has 0 amide bonds. The quantitative estimate of drug-likeness (QED) is 0.831. The van der Waals surface area contributed by atoms with Gasteiger partial charge in [0.05, 0.1) is 5.52 Å². The van der Waals surface area contributed by atoms with Gasteiger partial charge in [-0.1, -0.05) is 13.3 Å². The van der Waals surface area contributed by atoms with Crippen molar-refractivity contribution < 1.29 is 9.90 Å². The number of carboxylic acid groups (broad SMARTS) is 1. The molecule has 0 aliphatic carbocycles. The van der Waals surface area contributed by atoms with Gasteiger partial charge in [-0.25, -0.2) is 4.79 Å². The van der Waals surface area contributed by atoms with E-state index in [2.05, 4.69) is 17.1 Å². The van der Waals surface area contributed by atoms with Crippen LogP contribution in [0.15, 0.2) is 23.1 Å². The van der Waals surface area contributed by atoms with Crippen molar-refractivity contribution in [2.45, 2.75) is 39.7 Å². The Balaban J connectivity index is 2.28. The summed E-state index contributed by atoms with van der Waals surface area (Å²) < 4.78 is 1.93. The highest BCUT2D eigenvalue weighted by Gasteiger charge is 2.21. The lowest BCUT2D eigenvalue weighted by Gasteiger charge is -2.32. The maximum Gasteiger partial charge on any atom is 0.341 e. The molecule has 0 saturated carbocycles. The number of nitrogens with zero attached hydrogens (tertiary/aromatic N) is 2. The Bertz CT molecular complexity index is 867. The van der Waals surface area contributed by atoms with Crippen molar-refractivity contribution in [3.05, 3.63) is 39.7 Å². The Hall–Kier alpha value is -2.34. The van der Waals surface area contributed by atoms with E-state index in [1.54, 1.807) is 0 Å². The second kappa shape index (κ2) is 7.91. The summed E-state index contributed by atoms with van der Waals surface area (Å²) >= 11 is 0. The predicted octanol–water partition coefficient (Wildman–Crippen LogP) is 2.47. The lowest BCUT2D eigenvalue weighted by Crippen LogP contribution is -2.44. The van der Waals surface area contributed by atoms with Crippen LogP contribution in [0.2, 0.25) is 0 Å². The molecule has 1 aromatic carbocycles. The van der Waals surface area contributed by atoms with Crippen LogP contribution < -0.4 is 15.6 Å². The average molecular weight is 357 g/mol. The Morgan fingerprint density at radius 3 is 2.58 bits per heavy atom. The Morgan fingerprint density at radius 1 is 1.23 bits per heavy atom. The number of carboxylic acids is 1. The molecule has 140 valence electrons. The van der Waals surface area contributed by atoms with Crippen molar-refractivity contribution in [2.75, 3.05) is 31.1 Å². The number of hydrogen-bond donors (Lipinski definition) is 2. The molecule has 1 saturated heterocycles. The zero-order chi connectivity index (χ0) is 18.7. The van der Waals surface area contributed by atoms with Gasteiger partial charge >= 0.3 is 5.97 Å². The summed E-state index contributed by atoms with van der Waals surface area (Å²) in [5.74, 6) is -1.17. The maximum atomic E-state index is 12.7. The van der Waals surface area contributed by atoms with Crippen LogP contribution in [0.5, 0.6) is 0 Å². The highest BCUT2D eigenvalue weighted by Crippen LogP contribution is 2.30. The summed E-state index contributed by atoms with van der Waals surface area (Å²) in [6, 6.07) is 3.81. The minimum absolute atomic E-state index is 0.157. The number of carbonyl (C=O) groups is 1. The molecule has 3 rings (SSSR count). The van der Waals surface area contributed by atoms with Gasteiger partial charge in [0.1, 0.15) is 5.56 Å². The van der Waals surface area contributed by atoms with Crippen LogP contribution in [-0.4, -0.2) is 41.8 Å². The second-order valence-corrected chi connectivity index (χ2v) is 6.76. The molecule has 0 atom stereocenters. The molecule has 1 aromatic heterocycles. The van der Waals surface area contributed by atoms with Gasteiger partial charge in [-0.05, 0) is 37.5 Å². The number of pyridine rings is 1. The molecule has 26 heavy (non-hydrogen) atoms. The van der Waals surface area contributed by atoms with E-state index in [4.69, 9.17) is 0 Å². The van der Waals surface area contributed by atoms with E-state index in [-0.39, 0.29) is 11.0 Å². The van der Waals surface area contributed by atoms with E-state index in [0.29, 0.717) is 11.9 Å². The lowest BCUT2D eigenvalue weighted by atomic mass is 9.99. The molecule has 0 spiro atoms. The average Bonchev–Trinajstić information content (AvgIpc) is 2.66. The first kappa shape index (κ1) is 18.5. The van der Waals surface area contributed by atoms with Crippen molar-refractivity contribution in [3.8, 4) is 0 Å². The lowest BCUT2D eigenvalue weighted by molar-refractivity contribution is 0.0695. The van der Waals surface area contributed by atoms with Gasteiger partial charge in [-0.3, -0.25) is 4.79 Å². The Kier molecular flexibility index (Phi) is 5.61. The first-order valence-electron chi connectivity index (χ1n) is 9.46. The van der Waals surface area contributed by atoms with Crippen molar-refractivity contribution in [3.63, 3.8) is 0 Å². The summed E-state index contributed by atoms with van der Waals surface area (Å²) in [6.45, 7) is 8.54. The predicted molar refractivity (Wildman–Crippen MR) is 105 cm³/mol. The van der Waals surface area contributed by atoms with Crippen LogP contribution in [0.1, 0.15) is 42.6 Å². The van der Waals surface area contributed by atoms with Gasteiger partial charge in [0.15, 0.2) is 0 Å². The van der Waals surface area contributed by atoms with Crippen LogP contribution in [0.25, 0.3) is 10.9 Å². The molecular formula is C20H27N3O3. The highest BCUT2D eigenvalue weighted by molar-refractivity contribution is 5.95. The number of unbranched alkanes of at least 4 members (excludes halogenated alkanes) is 1. The minimum Gasteiger partial charge on any atom is -0.477 e. The molecule has 6 heteroatoms. The zero-order valence-corrected chi connectivity index (χ0v) is 15.5. The van der Waals surface area contributed by atoms with E-state index in [0.717, 1.165) is 51.0 Å². The van der Waals surface area contributed by atoms with Gasteiger partial charge in [-0.15, -0.1) is 0 Å². The topological polar surface area (TPSA) is 74.6 Å². The third-order valence-corrected chi connectivity index (χ3v) is 5.13.